The highest BCUT2D eigenvalue weighted by Gasteiger charge is 2.27. The number of fused-ring (bicyclic) bond motifs is 1. The topological polar surface area (TPSA) is 104 Å². The zero-order chi connectivity index (χ0) is 20.6. The fraction of sp³-hybridized carbons (Fsp3) is 0.333. The number of thiophene rings is 1. The molecule has 1 aliphatic rings. The van der Waals surface area contributed by atoms with Crippen LogP contribution in [0, 0.1) is 17.2 Å². The Morgan fingerprint density at radius 3 is 3.07 bits per heavy atom. The fourth-order valence-electron chi connectivity index (χ4n) is 3.19. The number of nitrogens with zero attached hydrogens (tertiary/aromatic N) is 2. The first-order valence-electron chi connectivity index (χ1n) is 9.45. The molecule has 2 N–H and O–H groups in total. The molecule has 2 aromatic heterocycles. The van der Waals surface area contributed by atoms with Crippen LogP contribution in [-0.4, -0.2) is 30.1 Å². The number of carbonyl (C=O) groups excluding carboxylic acids is 2. The molecular weight excluding hydrogens is 388 g/mol. The molecule has 3 rings (SSSR count). The van der Waals surface area contributed by atoms with Crippen LogP contribution < -0.4 is 10.6 Å². The Labute approximate surface area is 173 Å². The highest BCUT2D eigenvalue weighted by molar-refractivity contribution is 7.16. The number of pyridine rings is 1. The first kappa shape index (κ1) is 20.6. The van der Waals surface area contributed by atoms with Crippen molar-refractivity contribution in [3.63, 3.8) is 0 Å². The van der Waals surface area contributed by atoms with Crippen molar-refractivity contribution in [3.05, 3.63) is 52.2 Å². The molecule has 2 amide bonds. The number of aromatic nitrogens is 1. The third-order valence-electron chi connectivity index (χ3n) is 4.60. The molecule has 2 aromatic rings. The molecule has 0 spiro atoms. The summed E-state index contributed by atoms with van der Waals surface area (Å²) in [4.78, 5) is 28.8. The van der Waals surface area contributed by atoms with E-state index in [0.717, 1.165) is 35.3 Å². The largest absolute Gasteiger partial charge is 0.449 e. The zero-order valence-corrected chi connectivity index (χ0v) is 16.9. The zero-order valence-electron chi connectivity index (χ0n) is 16.1. The van der Waals surface area contributed by atoms with Gasteiger partial charge < -0.3 is 15.4 Å². The predicted molar refractivity (Wildman–Crippen MR) is 111 cm³/mol. The molecule has 0 bridgehead atoms. The van der Waals surface area contributed by atoms with Crippen molar-refractivity contribution in [1.82, 2.24) is 10.3 Å². The Hall–Kier alpha value is -3.18. The molecule has 0 fully saturated rings. The lowest BCUT2D eigenvalue weighted by Gasteiger charge is -2.21. The minimum Gasteiger partial charge on any atom is -0.449 e. The monoisotopic (exact) mass is 410 g/mol. The van der Waals surface area contributed by atoms with Crippen LogP contribution >= 0.6 is 11.3 Å². The van der Waals surface area contributed by atoms with Gasteiger partial charge in [-0.05, 0) is 55.4 Å². The average molecular weight is 410 g/mol. The van der Waals surface area contributed by atoms with Crippen molar-refractivity contribution in [2.24, 2.45) is 5.92 Å². The second-order valence-electron chi connectivity index (χ2n) is 6.67. The fourth-order valence-corrected chi connectivity index (χ4v) is 4.51. The summed E-state index contributed by atoms with van der Waals surface area (Å²) in [5.41, 5.74) is 2.36. The third kappa shape index (κ3) is 5.42. The van der Waals surface area contributed by atoms with Crippen molar-refractivity contribution < 1.29 is 14.3 Å². The molecule has 0 saturated heterocycles. The van der Waals surface area contributed by atoms with Gasteiger partial charge in [-0.25, -0.2) is 4.79 Å². The molecule has 1 aliphatic carbocycles. The van der Waals surface area contributed by atoms with Crippen molar-refractivity contribution in [3.8, 4) is 6.07 Å². The van der Waals surface area contributed by atoms with Crippen molar-refractivity contribution in [2.75, 3.05) is 18.5 Å². The summed E-state index contributed by atoms with van der Waals surface area (Å²) in [5, 5.41) is 15.6. The third-order valence-corrected chi connectivity index (χ3v) is 5.77. The maximum Gasteiger partial charge on any atom is 0.407 e. The number of hydrogen-bond donors (Lipinski definition) is 2. The molecule has 0 aromatic carbocycles. The summed E-state index contributed by atoms with van der Waals surface area (Å²) >= 11 is 1.43. The quantitative estimate of drug-likeness (QED) is 0.709. The molecule has 7 nitrogen and oxygen atoms in total. The number of alkyl carbamates (subject to hydrolysis) is 1. The second-order valence-corrected chi connectivity index (χ2v) is 7.77. The number of ether oxygens (including phenoxy) is 1. The van der Waals surface area contributed by atoms with E-state index in [1.165, 1.54) is 17.4 Å². The smallest absolute Gasteiger partial charge is 0.407 e. The lowest BCUT2D eigenvalue weighted by Crippen LogP contribution is -2.27. The van der Waals surface area contributed by atoms with Gasteiger partial charge in [0.2, 0.25) is 5.91 Å². The highest BCUT2D eigenvalue weighted by atomic mass is 32.1. The van der Waals surface area contributed by atoms with Gasteiger partial charge in [0.05, 0.1) is 12.2 Å². The normalized spacial score (nSPS) is 15.4. The number of nitriles is 1. The van der Waals surface area contributed by atoms with Crippen LogP contribution in [0.15, 0.2) is 30.6 Å². The molecule has 29 heavy (non-hydrogen) atoms. The lowest BCUT2D eigenvalue weighted by atomic mass is 9.88. The van der Waals surface area contributed by atoms with Gasteiger partial charge in [0.25, 0.3) is 0 Å². The van der Waals surface area contributed by atoms with E-state index in [1.54, 1.807) is 24.5 Å². The van der Waals surface area contributed by atoms with E-state index in [0.29, 0.717) is 23.7 Å². The van der Waals surface area contributed by atoms with E-state index in [9.17, 15) is 14.9 Å². The summed E-state index contributed by atoms with van der Waals surface area (Å²) in [6, 6.07) is 5.88. The van der Waals surface area contributed by atoms with E-state index in [1.807, 2.05) is 13.0 Å². The maximum absolute atomic E-state index is 12.3. The maximum atomic E-state index is 12.3. The van der Waals surface area contributed by atoms with Gasteiger partial charge in [0.1, 0.15) is 11.1 Å². The van der Waals surface area contributed by atoms with Crippen LogP contribution in [0.3, 0.4) is 0 Å². The predicted octanol–water partition coefficient (Wildman–Crippen LogP) is 3.52. The van der Waals surface area contributed by atoms with E-state index in [-0.39, 0.29) is 11.8 Å². The number of anilines is 1. The summed E-state index contributed by atoms with van der Waals surface area (Å²) < 4.78 is 5.24. The Balaban J connectivity index is 1.65. The van der Waals surface area contributed by atoms with Crippen LogP contribution in [0.4, 0.5) is 9.80 Å². The van der Waals surface area contributed by atoms with Gasteiger partial charge >= 0.3 is 6.09 Å². The van der Waals surface area contributed by atoms with Gasteiger partial charge in [0.15, 0.2) is 0 Å². The summed E-state index contributed by atoms with van der Waals surface area (Å²) in [7, 11) is 0. The highest BCUT2D eigenvalue weighted by Crippen LogP contribution is 2.39. The Kier molecular flexibility index (Phi) is 6.98. The van der Waals surface area contributed by atoms with Gasteiger partial charge in [-0.2, -0.15) is 5.26 Å². The van der Waals surface area contributed by atoms with Crippen LogP contribution in [-0.2, 0) is 22.4 Å². The summed E-state index contributed by atoms with van der Waals surface area (Å²) in [6.45, 7) is 2.72. The standard InChI is InChI=1S/C21H22N4O3S/c1-2-24-21(27)28-13-15-5-7-16-17(11-22)20(29-18(16)10-15)25-19(26)8-6-14-4-3-9-23-12-14/h3-4,6,8-9,12,15H,2,5,7,10,13H2,1H3,(H,24,27)(H,25,26)/b8-6+/t15-/m0/s1. The van der Waals surface area contributed by atoms with Gasteiger partial charge in [-0.3, -0.25) is 9.78 Å². The Bertz CT molecular complexity index is 947. The first-order valence-corrected chi connectivity index (χ1v) is 10.3. The minimum atomic E-state index is -0.407. The van der Waals surface area contributed by atoms with Crippen LogP contribution in [0.5, 0.6) is 0 Å². The molecular formula is C21H22N4O3S. The van der Waals surface area contributed by atoms with Crippen molar-refractivity contribution in [2.45, 2.75) is 26.2 Å². The van der Waals surface area contributed by atoms with Gasteiger partial charge in [-0.1, -0.05) is 6.07 Å². The number of rotatable bonds is 6. The van der Waals surface area contributed by atoms with Crippen molar-refractivity contribution >= 4 is 34.4 Å². The minimum absolute atomic E-state index is 0.212. The number of amides is 2. The van der Waals surface area contributed by atoms with E-state index < -0.39 is 6.09 Å². The van der Waals surface area contributed by atoms with E-state index in [2.05, 4.69) is 21.7 Å². The molecule has 0 radical (unpaired) electrons. The Morgan fingerprint density at radius 1 is 1.48 bits per heavy atom. The number of hydrogen-bond acceptors (Lipinski definition) is 6. The van der Waals surface area contributed by atoms with Crippen LogP contribution in [0.1, 0.15) is 34.9 Å². The number of carbonyl (C=O) groups is 2. The first-order chi connectivity index (χ1) is 14.1. The summed E-state index contributed by atoms with van der Waals surface area (Å²) in [6.07, 6.45) is 8.34. The SMILES string of the molecule is CCNC(=O)OC[C@H]1CCc2c(sc(NC(=O)/C=C/c3cccnc3)c2C#N)C1. The average Bonchev–Trinajstić information content (AvgIpc) is 3.07. The van der Waals surface area contributed by atoms with Crippen LogP contribution in [0.2, 0.25) is 0 Å². The molecule has 8 heteroatoms. The second kappa shape index (κ2) is 9.85. The molecule has 0 unspecified atom stereocenters. The molecule has 0 saturated carbocycles. The molecule has 150 valence electrons. The summed E-state index contributed by atoms with van der Waals surface area (Å²) in [5.74, 6) is -0.0793. The van der Waals surface area contributed by atoms with E-state index in [4.69, 9.17) is 4.74 Å². The van der Waals surface area contributed by atoms with Gasteiger partial charge in [-0.15, -0.1) is 11.3 Å². The van der Waals surface area contributed by atoms with Crippen molar-refractivity contribution in [1.29, 1.82) is 5.26 Å². The van der Waals surface area contributed by atoms with E-state index >= 15 is 0 Å². The van der Waals surface area contributed by atoms with Gasteiger partial charge in [0, 0.05) is 29.9 Å². The molecule has 2 heterocycles. The molecule has 1 atom stereocenters. The lowest BCUT2D eigenvalue weighted by molar-refractivity contribution is -0.111. The Morgan fingerprint density at radius 2 is 2.34 bits per heavy atom. The molecule has 0 aliphatic heterocycles. The van der Waals surface area contributed by atoms with Crippen LogP contribution in [0.25, 0.3) is 6.08 Å². The number of nitrogens with one attached hydrogen (secondary N) is 2.